The molecule has 1 aromatic carbocycles. The summed E-state index contributed by atoms with van der Waals surface area (Å²) in [6.07, 6.45) is 12.2. The van der Waals surface area contributed by atoms with Crippen molar-refractivity contribution in [1.82, 2.24) is 5.48 Å². The number of unbranched alkanes of at least 4 members (excludes halogenated alkanes) is 3. The maximum absolute atomic E-state index is 12.1. The molecule has 6 heteroatoms. The largest absolute Gasteiger partial charge is 0.326 e. The predicted octanol–water partition coefficient (Wildman–Crippen LogP) is 5.31. The Bertz CT molecular complexity index is 733. The van der Waals surface area contributed by atoms with Gasteiger partial charge in [0, 0.05) is 24.3 Å². The van der Waals surface area contributed by atoms with E-state index in [1.165, 1.54) is 5.57 Å². The van der Waals surface area contributed by atoms with Crippen LogP contribution in [0.3, 0.4) is 0 Å². The molecule has 1 rings (SSSR count). The van der Waals surface area contributed by atoms with Crippen LogP contribution in [0.15, 0.2) is 54.1 Å². The van der Waals surface area contributed by atoms with Gasteiger partial charge in [-0.2, -0.15) is 12.6 Å². The number of carbonyl (C=O) groups excluding carboxylic acids is 2. The molecule has 1 aromatic rings. The van der Waals surface area contributed by atoms with Crippen LogP contribution in [0, 0.1) is 0 Å². The fraction of sp³-hybridized carbons (Fsp3) is 0.391. The number of nitrogens with one attached hydrogen (secondary N) is 2. The smallest absolute Gasteiger partial charge is 0.243 e. The van der Waals surface area contributed by atoms with Gasteiger partial charge in [0.1, 0.15) is 0 Å². The molecule has 0 fully saturated rings. The van der Waals surface area contributed by atoms with Gasteiger partial charge in [-0.15, -0.1) is 0 Å². The second-order valence-electron chi connectivity index (χ2n) is 7.03. The van der Waals surface area contributed by atoms with Crippen molar-refractivity contribution in [2.45, 2.75) is 52.4 Å². The number of thiol groups is 1. The lowest BCUT2D eigenvalue weighted by Gasteiger charge is -2.08. The lowest BCUT2D eigenvalue weighted by atomic mass is 10.0. The Balaban J connectivity index is 2.51. The molecule has 5 nitrogen and oxygen atoms in total. The minimum absolute atomic E-state index is 0.0128. The molecule has 0 saturated heterocycles. The highest BCUT2D eigenvalue weighted by atomic mass is 32.1. The second kappa shape index (κ2) is 14.7. The highest BCUT2D eigenvalue weighted by molar-refractivity contribution is 7.80. The number of allylic oxidation sites excluding steroid dienone is 5. The number of hydroxylamine groups is 1. The van der Waals surface area contributed by atoms with Crippen LogP contribution in [0.5, 0.6) is 0 Å². The first-order valence-corrected chi connectivity index (χ1v) is 10.5. The molecule has 0 heterocycles. The van der Waals surface area contributed by atoms with Crippen LogP contribution in [0.4, 0.5) is 5.69 Å². The number of rotatable bonds is 12. The Kier molecular flexibility index (Phi) is 12.5. The first kappa shape index (κ1) is 24.7. The van der Waals surface area contributed by atoms with E-state index in [2.05, 4.69) is 43.9 Å². The molecule has 158 valence electrons. The Morgan fingerprint density at radius 1 is 0.966 bits per heavy atom. The molecule has 0 aliphatic heterocycles. The fourth-order valence-electron chi connectivity index (χ4n) is 2.63. The summed E-state index contributed by atoms with van der Waals surface area (Å²) in [6, 6.07) is 7.81. The number of hydrogen-bond donors (Lipinski definition) is 4. The number of anilines is 1. The number of benzene rings is 1. The van der Waals surface area contributed by atoms with Gasteiger partial charge in [-0.1, -0.05) is 54.9 Å². The molecule has 0 aliphatic carbocycles. The van der Waals surface area contributed by atoms with Crippen molar-refractivity contribution in [2.24, 2.45) is 0 Å². The zero-order valence-electron chi connectivity index (χ0n) is 17.3. The number of carbonyl (C=O) groups is 2. The van der Waals surface area contributed by atoms with Crippen LogP contribution in [-0.4, -0.2) is 22.8 Å². The van der Waals surface area contributed by atoms with Crippen LogP contribution in [0.2, 0.25) is 0 Å². The van der Waals surface area contributed by atoms with Crippen LogP contribution in [-0.2, 0) is 9.59 Å². The zero-order valence-corrected chi connectivity index (χ0v) is 18.2. The summed E-state index contributed by atoms with van der Waals surface area (Å²) in [6.45, 7) is 4.11. The number of amides is 2. The van der Waals surface area contributed by atoms with Gasteiger partial charge in [0.15, 0.2) is 0 Å². The van der Waals surface area contributed by atoms with Crippen molar-refractivity contribution in [3.8, 4) is 0 Å². The highest BCUT2D eigenvalue weighted by Crippen LogP contribution is 2.20. The van der Waals surface area contributed by atoms with Crippen molar-refractivity contribution in [3.63, 3.8) is 0 Å². The summed E-state index contributed by atoms with van der Waals surface area (Å²) in [4.78, 5) is 23.0. The summed E-state index contributed by atoms with van der Waals surface area (Å²) in [7, 11) is 0. The molecule has 0 aromatic heterocycles. The van der Waals surface area contributed by atoms with E-state index in [-0.39, 0.29) is 11.8 Å². The Morgan fingerprint density at radius 3 is 2.14 bits per heavy atom. The standard InChI is InChI=1S/C23H32N2O3S/c1-18(2)11-12-19(8-7-17-29)20-13-15-21(16-14-20)24-22(26)9-5-3-4-6-10-23(27)25-28/h7-8,11-16,28-29H,3-6,9-10,17H2,1-2H3,(H,24,26)(H,25,27)/b8-7-,19-12+. The van der Waals surface area contributed by atoms with Gasteiger partial charge < -0.3 is 5.32 Å². The van der Waals surface area contributed by atoms with Gasteiger partial charge in [0.25, 0.3) is 0 Å². The molecular formula is C23H32N2O3S. The summed E-state index contributed by atoms with van der Waals surface area (Å²) in [5, 5.41) is 11.3. The zero-order chi connectivity index (χ0) is 21.5. The average molecular weight is 417 g/mol. The normalized spacial score (nSPS) is 11.4. The maximum Gasteiger partial charge on any atom is 0.243 e. The van der Waals surface area contributed by atoms with Gasteiger partial charge in [0.2, 0.25) is 11.8 Å². The van der Waals surface area contributed by atoms with Crippen LogP contribution in [0.25, 0.3) is 5.57 Å². The minimum atomic E-state index is -0.369. The lowest BCUT2D eigenvalue weighted by molar-refractivity contribution is -0.129. The monoisotopic (exact) mass is 416 g/mol. The molecule has 0 radical (unpaired) electrons. The van der Waals surface area contributed by atoms with Crippen molar-refractivity contribution < 1.29 is 14.8 Å². The quantitative estimate of drug-likeness (QED) is 0.123. The Morgan fingerprint density at radius 2 is 1.59 bits per heavy atom. The second-order valence-corrected chi connectivity index (χ2v) is 7.39. The van der Waals surface area contributed by atoms with Crippen molar-refractivity contribution >= 4 is 35.7 Å². The minimum Gasteiger partial charge on any atom is -0.326 e. The third-order valence-corrected chi connectivity index (χ3v) is 4.39. The number of hydrogen-bond acceptors (Lipinski definition) is 4. The van der Waals surface area contributed by atoms with Crippen molar-refractivity contribution in [1.29, 1.82) is 0 Å². The predicted molar refractivity (Wildman–Crippen MR) is 123 cm³/mol. The summed E-state index contributed by atoms with van der Waals surface area (Å²) in [5.74, 6) is 0.293. The third kappa shape index (κ3) is 11.3. The molecule has 3 N–H and O–H groups in total. The van der Waals surface area contributed by atoms with E-state index in [1.807, 2.05) is 36.4 Å². The first-order chi connectivity index (χ1) is 14.0. The van der Waals surface area contributed by atoms with Gasteiger partial charge in [0.05, 0.1) is 0 Å². The lowest BCUT2D eigenvalue weighted by Crippen LogP contribution is -2.17. The van der Waals surface area contributed by atoms with E-state index in [0.717, 1.165) is 36.1 Å². The van der Waals surface area contributed by atoms with E-state index in [0.29, 0.717) is 25.0 Å². The van der Waals surface area contributed by atoms with E-state index >= 15 is 0 Å². The van der Waals surface area contributed by atoms with Crippen LogP contribution >= 0.6 is 12.6 Å². The van der Waals surface area contributed by atoms with Crippen LogP contribution in [0.1, 0.15) is 57.9 Å². The molecule has 0 unspecified atom stereocenters. The molecule has 0 aliphatic rings. The third-order valence-electron chi connectivity index (χ3n) is 4.18. The maximum atomic E-state index is 12.1. The highest BCUT2D eigenvalue weighted by Gasteiger charge is 2.04. The van der Waals surface area contributed by atoms with Gasteiger partial charge in [-0.25, -0.2) is 5.48 Å². The molecule has 0 saturated carbocycles. The first-order valence-electron chi connectivity index (χ1n) is 9.92. The van der Waals surface area contributed by atoms with E-state index < -0.39 is 0 Å². The molecular weight excluding hydrogens is 384 g/mol. The summed E-state index contributed by atoms with van der Waals surface area (Å²) < 4.78 is 0. The molecule has 2 amide bonds. The average Bonchev–Trinajstić information content (AvgIpc) is 2.71. The van der Waals surface area contributed by atoms with Gasteiger partial charge in [-0.3, -0.25) is 14.8 Å². The van der Waals surface area contributed by atoms with Crippen molar-refractivity contribution in [3.05, 3.63) is 59.7 Å². The summed E-state index contributed by atoms with van der Waals surface area (Å²) in [5.41, 5.74) is 5.78. The van der Waals surface area contributed by atoms with E-state index in [1.54, 1.807) is 5.48 Å². The van der Waals surface area contributed by atoms with Gasteiger partial charge >= 0.3 is 0 Å². The Hall–Kier alpha value is -2.31. The Labute approximate surface area is 179 Å². The SMILES string of the molecule is CC(C)=C/C=C(\C=C/CS)c1ccc(NC(=O)CCCCCCC(=O)NO)cc1. The topological polar surface area (TPSA) is 78.4 Å². The molecule has 0 bridgehead atoms. The van der Waals surface area contributed by atoms with Crippen LogP contribution < -0.4 is 10.8 Å². The van der Waals surface area contributed by atoms with E-state index in [9.17, 15) is 9.59 Å². The summed E-state index contributed by atoms with van der Waals surface area (Å²) >= 11 is 4.23. The van der Waals surface area contributed by atoms with Crippen molar-refractivity contribution in [2.75, 3.05) is 11.1 Å². The molecule has 0 atom stereocenters. The fourth-order valence-corrected chi connectivity index (χ4v) is 2.74. The molecule has 29 heavy (non-hydrogen) atoms. The van der Waals surface area contributed by atoms with Gasteiger partial charge in [-0.05, 0) is 50.0 Å². The van der Waals surface area contributed by atoms with E-state index in [4.69, 9.17) is 5.21 Å². The molecule has 0 spiro atoms.